The second-order valence-corrected chi connectivity index (χ2v) is 4.47. The predicted octanol–water partition coefficient (Wildman–Crippen LogP) is 1.77. The van der Waals surface area contributed by atoms with Crippen LogP contribution >= 0.6 is 0 Å². The van der Waals surface area contributed by atoms with Crippen molar-refractivity contribution >= 4 is 17.9 Å². The zero-order chi connectivity index (χ0) is 15.5. The van der Waals surface area contributed by atoms with Crippen LogP contribution in [0.2, 0.25) is 0 Å². The average Bonchev–Trinajstić information content (AvgIpc) is 2.35. The molecule has 0 saturated heterocycles. The molecule has 0 radical (unpaired) electrons. The lowest BCUT2D eigenvalue weighted by Gasteiger charge is -2.09. The SMILES string of the molecule is C=C(CC(=O)OCC(=O)OCCCC)C(=O)OC(C)C. The van der Waals surface area contributed by atoms with E-state index in [9.17, 15) is 14.4 Å². The number of esters is 3. The van der Waals surface area contributed by atoms with Gasteiger partial charge in [-0.25, -0.2) is 9.59 Å². The van der Waals surface area contributed by atoms with E-state index in [0.29, 0.717) is 6.61 Å². The standard InChI is InChI=1S/C14H22O6/c1-5-6-7-18-13(16)9-19-12(15)8-11(4)14(17)20-10(2)3/h10H,4-9H2,1-3H3. The summed E-state index contributed by atoms with van der Waals surface area (Å²) in [5.74, 6) is -1.98. The van der Waals surface area contributed by atoms with E-state index in [2.05, 4.69) is 11.3 Å². The number of carbonyl (C=O) groups is 3. The van der Waals surface area contributed by atoms with Crippen LogP contribution in [0.4, 0.5) is 0 Å². The molecular formula is C14H22O6. The maximum atomic E-state index is 11.4. The first kappa shape index (κ1) is 18.1. The van der Waals surface area contributed by atoms with Crippen LogP contribution in [0.15, 0.2) is 12.2 Å². The number of hydrogen-bond donors (Lipinski definition) is 0. The molecule has 0 atom stereocenters. The van der Waals surface area contributed by atoms with Crippen LogP contribution in [0.5, 0.6) is 0 Å². The van der Waals surface area contributed by atoms with Gasteiger partial charge in [0.05, 0.1) is 19.1 Å². The van der Waals surface area contributed by atoms with E-state index in [4.69, 9.17) is 9.47 Å². The van der Waals surface area contributed by atoms with E-state index in [1.54, 1.807) is 13.8 Å². The molecule has 0 aromatic rings. The molecule has 0 aromatic carbocycles. The smallest absolute Gasteiger partial charge is 0.344 e. The minimum absolute atomic E-state index is 0.0111. The molecule has 0 aliphatic rings. The summed E-state index contributed by atoms with van der Waals surface area (Å²) in [6, 6.07) is 0. The number of rotatable bonds is 9. The molecule has 6 nitrogen and oxygen atoms in total. The van der Waals surface area contributed by atoms with Gasteiger partial charge in [0.25, 0.3) is 0 Å². The van der Waals surface area contributed by atoms with Gasteiger partial charge in [-0.3, -0.25) is 4.79 Å². The van der Waals surface area contributed by atoms with E-state index in [0.717, 1.165) is 12.8 Å². The number of ether oxygens (including phenoxy) is 3. The van der Waals surface area contributed by atoms with Gasteiger partial charge >= 0.3 is 17.9 Å². The summed E-state index contributed by atoms with van der Waals surface area (Å²) in [7, 11) is 0. The number of unbranched alkanes of at least 4 members (excludes halogenated alkanes) is 1. The Balaban J connectivity index is 3.90. The summed E-state index contributed by atoms with van der Waals surface area (Å²) >= 11 is 0. The third kappa shape index (κ3) is 9.13. The molecule has 0 aliphatic heterocycles. The van der Waals surface area contributed by atoms with E-state index in [-0.39, 0.29) is 18.1 Å². The molecular weight excluding hydrogens is 264 g/mol. The van der Waals surface area contributed by atoms with Crippen molar-refractivity contribution in [3.05, 3.63) is 12.2 Å². The molecule has 0 unspecified atom stereocenters. The fourth-order valence-electron chi connectivity index (χ4n) is 1.11. The van der Waals surface area contributed by atoms with Crippen LogP contribution < -0.4 is 0 Å². The summed E-state index contributed by atoms with van der Waals surface area (Å²) in [4.78, 5) is 33.9. The summed E-state index contributed by atoms with van der Waals surface area (Å²) in [5, 5.41) is 0. The predicted molar refractivity (Wildman–Crippen MR) is 71.8 cm³/mol. The molecule has 0 fully saturated rings. The zero-order valence-electron chi connectivity index (χ0n) is 12.3. The van der Waals surface area contributed by atoms with Crippen LogP contribution in [0.25, 0.3) is 0 Å². The highest BCUT2D eigenvalue weighted by Gasteiger charge is 2.16. The van der Waals surface area contributed by atoms with Gasteiger partial charge < -0.3 is 14.2 Å². The fraction of sp³-hybridized carbons (Fsp3) is 0.643. The normalized spacial score (nSPS) is 10.0. The van der Waals surface area contributed by atoms with Crippen molar-refractivity contribution < 1.29 is 28.6 Å². The van der Waals surface area contributed by atoms with Crippen molar-refractivity contribution in [2.24, 2.45) is 0 Å². The molecule has 0 aromatic heterocycles. The molecule has 0 amide bonds. The Kier molecular flexibility index (Phi) is 9.07. The van der Waals surface area contributed by atoms with Gasteiger partial charge in [0, 0.05) is 5.57 Å². The quantitative estimate of drug-likeness (QED) is 0.278. The van der Waals surface area contributed by atoms with Gasteiger partial charge in [-0.05, 0) is 20.3 Å². The van der Waals surface area contributed by atoms with Gasteiger partial charge in [-0.2, -0.15) is 0 Å². The van der Waals surface area contributed by atoms with E-state index >= 15 is 0 Å². The molecule has 0 spiro atoms. The minimum atomic E-state index is -0.719. The lowest BCUT2D eigenvalue weighted by atomic mass is 10.2. The Labute approximate surface area is 119 Å². The first-order valence-electron chi connectivity index (χ1n) is 6.56. The molecule has 0 saturated carbocycles. The van der Waals surface area contributed by atoms with Gasteiger partial charge in [0.2, 0.25) is 0 Å². The summed E-state index contributed by atoms with van der Waals surface area (Å²) in [6.45, 7) is 8.64. The second kappa shape index (κ2) is 10.00. The van der Waals surface area contributed by atoms with Crippen LogP contribution in [0.1, 0.15) is 40.0 Å². The van der Waals surface area contributed by atoms with Crippen molar-refractivity contribution in [3.63, 3.8) is 0 Å². The second-order valence-electron chi connectivity index (χ2n) is 4.47. The minimum Gasteiger partial charge on any atom is -0.463 e. The highest BCUT2D eigenvalue weighted by molar-refractivity contribution is 5.93. The van der Waals surface area contributed by atoms with Gasteiger partial charge in [-0.1, -0.05) is 19.9 Å². The van der Waals surface area contributed by atoms with Gasteiger partial charge in [0.15, 0.2) is 6.61 Å². The number of carbonyl (C=O) groups excluding carboxylic acids is 3. The Morgan fingerprint density at radius 2 is 1.75 bits per heavy atom. The largest absolute Gasteiger partial charge is 0.463 e. The first-order valence-corrected chi connectivity index (χ1v) is 6.56. The Bertz CT molecular complexity index is 359. The third-order valence-electron chi connectivity index (χ3n) is 2.10. The molecule has 114 valence electrons. The van der Waals surface area contributed by atoms with E-state index < -0.39 is 24.5 Å². The Hall–Kier alpha value is -1.85. The molecule has 0 N–H and O–H groups in total. The maximum Gasteiger partial charge on any atom is 0.344 e. The van der Waals surface area contributed by atoms with Crippen molar-refractivity contribution in [2.75, 3.05) is 13.2 Å². The van der Waals surface area contributed by atoms with Crippen LogP contribution in [0.3, 0.4) is 0 Å². The Morgan fingerprint density at radius 1 is 1.10 bits per heavy atom. The molecule has 0 heterocycles. The number of hydrogen-bond acceptors (Lipinski definition) is 6. The molecule has 6 heteroatoms. The van der Waals surface area contributed by atoms with Crippen molar-refractivity contribution in [3.8, 4) is 0 Å². The van der Waals surface area contributed by atoms with E-state index in [1.165, 1.54) is 0 Å². The van der Waals surface area contributed by atoms with Crippen molar-refractivity contribution in [1.29, 1.82) is 0 Å². The fourth-order valence-corrected chi connectivity index (χ4v) is 1.11. The maximum absolute atomic E-state index is 11.4. The molecule has 0 bridgehead atoms. The summed E-state index contributed by atoms with van der Waals surface area (Å²) in [6.07, 6.45) is 1.07. The zero-order valence-corrected chi connectivity index (χ0v) is 12.3. The average molecular weight is 286 g/mol. The van der Waals surface area contributed by atoms with E-state index in [1.807, 2.05) is 6.92 Å². The first-order chi connectivity index (χ1) is 9.36. The van der Waals surface area contributed by atoms with Crippen LogP contribution in [-0.2, 0) is 28.6 Å². The van der Waals surface area contributed by atoms with Crippen LogP contribution in [0, 0.1) is 0 Å². The monoisotopic (exact) mass is 286 g/mol. The molecule has 0 rings (SSSR count). The van der Waals surface area contributed by atoms with Gasteiger partial charge in [-0.15, -0.1) is 0 Å². The highest BCUT2D eigenvalue weighted by Crippen LogP contribution is 2.05. The molecule has 0 aliphatic carbocycles. The highest BCUT2D eigenvalue weighted by atomic mass is 16.6. The third-order valence-corrected chi connectivity index (χ3v) is 2.10. The van der Waals surface area contributed by atoms with Crippen molar-refractivity contribution in [1.82, 2.24) is 0 Å². The molecule has 20 heavy (non-hydrogen) atoms. The van der Waals surface area contributed by atoms with Gasteiger partial charge in [0.1, 0.15) is 0 Å². The lowest BCUT2D eigenvalue weighted by molar-refractivity contribution is -0.158. The van der Waals surface area contributed by atoms with Crippen molar-refractivity contribution in [2.45, 2.75) is 46.1 Å². The topological polar surface area (TPSA) is 78.9 Å². The van der Waals surface area contributed by atoms with Crippen LogP contribution in [-0.4, -0.2) is 37.2 Å². The Morgan fingerprint density at radius 3 is 2.30 bits per heavy atom. The lowest BCUT2D eigenvalue weighted by Crippen LogP contribution is -2.19. The summed E-state index contributed by atoms with van der Waals surface area (Å²) < 4.78 is 14.4. The summed E-state index contributed by atoms with van der Waals surface area (Å²) in [5.41, 5.74) is -0.0111.